The van der Waals surface area contributed by atoms with Gasteiger partial charge >= 0.3 is 12.2 Å². The number of carbonyl (C=O) groups is 2. The number of imide groups is 1. The molecule has 3 heterocycles. The number of urea groups is 1. The standard InChI is InChI=1S/C25H20F3N5O7S/c26-25(27,28)17-18(13-4-2-1-3-5-13)32-39-20(17)23-30-21(33-40-23)15-8-6-14(7-9-15)19(34)22(35)31-24(36)29-16-10-11-41(37,38)12-16/h1-9,16,19,34H,10-12H2,(H2,29,31,35,36). The first kappa shape index (κ1) is 28.0. The molecule has 12 nitrogen and oxygen atoms in total. The third-order valence-corrected chi connectivity index (χ3v) is 7.95. The van der Waals surface area contributed by atoms with Crippen molar-refractivity contribution in [2.45, 2.75) is 24.7 Å². The number of hydrogen-bond donors (Lipinski definition) is 3. The quantitative estimate of drug-likeness (QED) is 0.302. The minimum Gasteiger partial charge on any atom is -0.378 e. The van der Waals surface area contributed by atoms with Gasteiger partial charge in [-0.3, -0.25) is 10.1 Å². The molecule has 41 heavy (non-hydrogen) atoms. The second kappa shape index (κ2) is 10.8. The van der Waals surface area contributed by atoms with E-state index in [1.165, 1.54) is 36.4 Å². The van der Waals surface area contributed by atoms with Crippen LogP contribution in [0.5, 0.6) is 0 Å². The minimum absolute atomic E-state index is 0.0701. The van der Waals surface area contributed by atoms with Crippen molar-refractivity contribution in [3.63, 3.8) is 0 Å². The van der Waals surface area contributed by atoms with Crippen molar-refractivity contribution >= 4 is 21.8 Å². The number of alkyl halides is 3. The van der Waals surface area contributed by atoms with Crippen LogP contribution in [0.25, 0.3) is 34.3 Å². The molecule has 2 unspecified atom stereocenters. The van der Waals surface area contributed by atoms with E-state index in [0.717, 1.165) is 0 Å². The molecule has 2 aromatic heterocycles. The summed E-state index contributed by atoms with van der Waals surface area (Å²) in [5, 5.41) is 21.9. The van der Waals surface area contributed by atoms with Crippen molar-refractivity contribution in [1.82, 2.24) is 25.9 Å². The van der Waals surface area contributed by atoms with Crippen molar-refractivity contribution < 1.29 is 45.3 Å². The van der Waals surface area contributed by atoms with Crippen molar-refractivity contribution in [3.05, 3.63) is 65.7 Å². The van der Waals surface area contributed by atoms with E-state index in [9.17, 15) is 36.3 Å². The number of rotatable bonds is 6. The zero-order chi connectivity index (χ0) is 29.4. The molecule has 214 valence electrons. The lowest BCUT2D eigenvalue weighted by molar-refractivity contribution is -0.137. The van der Waals surface area contributed by atoms with Gasteiger partial charge in [-0.2, -0.15) is 18.2 Å². The SMILES string of the molecule is O=C(NC(=O)C(O)c1ccc(-c2noc(-c3onc(-c4ccccc4)c3C(F)(F)F)n2)cc1)NC1CCS(=O)(=O)C1. The van der Waals surface area contributed by atoms with Gasteiger partial charge in [-0.15, -0.1) is 0 Å². The molecule has 0 aliphatic carbocycles. The van der Waals surface area contributed by atoms with Crippen molar-refractivity contribution in [3.8, 4) is 34.3 Å². The number of hydrogen-bond acceptors (Lipinski definition) is 10. The third-order valence-electron chi connectivity index (χ3n) is 6.18. The zero-order valence-corrected chi connectivity index (χ0v) is 21.6. The van der Waals surface area contributed by atoms with Crippen molar-refractivity contribution in [1.29, 1.82) is 0 Å². The number of nitrogens with one attached hydrogen (secondary N) is 2. The summed E-state index contributed by atoms with van der Waals surface area (Å²) in [7, 11) is -3.24. The molecular formula is C25H20F3N5O7S. The summed E-state index contributed by atoms with van der Waals surface area (Å²) in [5.74, 6) is -2.80. The Balaban J connectivity index is 1.29. The fraction of sp³-hybridized carbons (Fsp3) is 0.240. The molecule has 0 radical (unpaired) electrons. The van der Waals surface area contributed by atoms with E-state index < -0.39 is 63.0 Å². The lowest BCUT2D eigenvalue weighted by atomic mass is 10.1. The van der Waals surface area contributed by atoms with Gasteiger partial charge in [0.05, 0.1) is 11.5 Å². The smallest absolute Gasteiger partial charge is 0.378 e. The highest BCUT2D eigenvalue weighted by Gasteiger charge is 2.43. The third kappa shape index (κ3) is 6.12. The highest BCUT2D eigenvalue weighted by atomic mass is 32.2. The van der Waals surface area contributed by atoms with Gasteiger partial charge in [0, 0.05) is 17.2 Å². The average Bonchev–Trinajstić information content (AvgIpc) is 3.66. The maximum Gasteiger partial charge on any atom is 0.422 e. The molecule has 0 saturated carbocycles. The van der Waals surface area contributed by atoms with Crippen LogP contribution in [-0.2, 0) is 20.8 Å². The molecule has 3 amide bonds. The molecular weight excluding hydrogens is 571 g/mol. The Bertz CT molecular complexity index is 1690. The lowest BCUT2D eigenvalue weighted by Gasteiger charge is -2.14. The molecule has 1 fully saturated rings. The largest absolute Gasteiger partial charge is 0.422 e. The van der Waals surface area contributed by atoms with Crippen molar-refractivity contribution in [2.75, 3.05) is 11.5 Å². The predicted molar refractivity (Wildman–Crippen MR) is 134 cm³/mol. The molecule has 0 bridgehead atoms. The molecule has 1 saturated heterocycles. The van der Waals surface area contributed by atoms with Gasteiger partial charge in [-0.05, 0) is 12.0 Å². The maximum absolute atomic E-state index is 13.9. The summed E-state index contributed by atoms with van der Waals surface area (Å²) in [6.07, 6.45) is -6.39. The van der Waals surface area contributed by atoms with Crippen LogP contribution in [0, 0.1) is 0 Å². The maximum atomic E-state index is 13.9. The molecule has 1 aliphatic heterocycles. The second-order valence-electron chi connectivity index (χ2n) is 9.11. The molecule has 16 heteroatoms. The fourth-order valence-electron chi connectivity index (χ4n) is 4.20. The first-order valence-corrected chi connectivity index (χ1v) is 13.8. The summed E-state index contributed by atoms with van der Waals surface area (Å²) in [4.78, 5) is 28.3. The van der Waals surface area contributed by atoms with Gasteiger partial charge < -0.3 is 19.5 Å². The number of sulfone groups is 1. The van der Waals surface area contributed by atoms with Crippen LogP contribution in [0.1, 0.15) is 23.7 Å². The van der Waals surface area contributed by atoms with Crippen LogP contribution >= 0.6 is 0 Å². The summed E-state index contributed by atoms with van der Waals surface area (Å²) in [6, 6.07) is 11.4. The van der Waals surface area contributed by atoms with Crippen LogP contribution in [0.4, 0.5) is 18.0 Å². The van der Waals surface area contributed by atoms with E-state index >= 15 is 0 Å². The van der Waals surface area contributed by atoms with E-state index in [1.807, 2.05) is 5.32 Å². The fourth-order valence-corrected chi connectivity index (χ4v) is 5.87. The Labute approximate surface area is 229 Å². The van der Waals surface area contributed by atoms with E-state index in [-0.39, 0.29) is 40.4 Å². The number of aliphatic hydroxyl groups excluding tert-OH is 1. The van der Waals surface area contributed by atoms with E-state index in [1.54, 1.807) is 18.2 Å². The Kier molecular flexibility index (Phi) is 7.35. The summed E-state index contributed by atoms with van der Waals surface area (Å²) in [5.41, 5.74) is -1.09. The zero-order valence-electron chi connectivity index (χ0n) is 20.8. The number of benzene rings is 2. The molecule has 2 atom stereocenters. The first-order valence-electron chi connectivity index (χ1n) is 12.0. The predicted octanol–water partition coefficient (Wildman–Crippen LogP) is 3.12. The first-order chi connectivity index (χ1) is 19.4. The Morgan fingerprint density at radius 1 is 1.00 bits per heavy atom. The molecule has 1 aliphatic rings. The Morgan fingerprint density at radius 2 is 1.71 bits per heavy atom. The summed E-state index contributed by atoms with van der Waals surface area (Å²) in [6.45, 7) is 0. The highest BCUT2D eigenvalue weighted by Crippen LogP contribution is 2.43. The van der Waals surface area contributed by atoms with Gasteiger partial charge in [0.2, 0.25) is 11.6 Å². The number of halogens is 3. The van der Waals surface area contributed by atoms with Gasteiger partial charge in [0.1, 0.15) is 11.3 Å². The molecule has 4 aromatic rings. The van der Waals surface area contributed by atoms with Gasteiger partial charge in [0.25, 0.3) is 11.8 Å². The molecule has 2 aromatic carbocycles. The molecule has 3 N–H and O–H groups in total. The minimum atomic E-state index is -4.85. The Hall–Kier alpha value is -4.57. The molecule has 5 rings (SSSR count). The van der Waals surface area contributed by atoms with E-state index in [2.05, 4.69) is 20.6 Å². The van der Waals surface area contributed by atoms with Crippen molar-refractivity contribution in [2.24, 2.45) is 0 Å². The lowest BCUT2D eigenvalue weighted by Crippen LogP contribution is -2.46. The Morgan fingerprint density at radius 3 is 2.34 bits per heavy atom. The van der Waals surface area contributed by atoms with Gasteiger partial charge in [-0.1, -0.05) is 64.9 Å². The average molecular weight is 592 g/mol. The van der Waals surface area contributed by atoms with E-state index in [0.29, 0.717) is 0 Å². The van der Waals surface area contributed by atoms with Gasteiger partial charge in [0.15, 0.2) is 15.9 Å². The van der Waals surface area contributed by atoms with Crippen LogP contribution < -0.4 is 10.6 Å². The summed E-state index contributed by atoms with van der Waals surface area (Å²) < 4.78 is 74.8. The molecule has 0 spiro atoms. The summed E-state index contributed by atoms with van der Waals surface area (Å²) >= 11 is 0. The van der Waals surface area contributed by atoms with Gasteiger partial charge in [-0.25, -0.2) is 13.2 Å². The van der Waals surface area contributed by atoms with Crippen LogP contribution in [0.3, 0.4) is 0 Å². The number of carbonyl (C=O) groups excluding carboxylic acids is 2. The number of amides is 3. The highest BCUT2D eigenvalue weighted by molar-refractivity contribution is 7.91. The van der Waals surface area contributed by atoms with Crippen LogP contribution in [-0.4, -0.2) is 58.3 Å². The second-order valence-corrected chi connectivity index (χ2v) is 11.3. The number of nitrogens with zero attached hydrogens (tertiary/aromatic N) is 3. The van der Waals surface area contributed by atoms with Crippen LogP contribution in [0.2, 0.25) is 0 Å². The topological polar surface area (TPSA) is 178 Å². The number of aliphatic hydroxyl groups is 1. The van der Waals surface area contributed by atoms with E-state index in [4.69, 9.17) is 9.05 Å². The number of aromatic nitrogens is 3. The normalized spacial score (nSPS) is 17.2. The van der Waals surface area contributed by atoms with Crippen LogP contribution in [0.15, 0.2) is 63.6 Å². The monoisotopic (exact) mass is 591 g/mol.